The largest absolute Gasteiger partial charge is 0.399 e. The van der Waals surface area contributed by atoms with Crippen molar-refractivity contribution < 1.29 is 28.1 Å². The summed E-state index contributed by atoms with van der Waals surface area (Å²) >= 11 is 0. The van der Waals surface area contributed by atoms with E-state index in [2.05, 4.69) is 25.1 Å². The van der Waals surface area contributed by atoms with Crippen LogP contribution >= 0.6 is 0 Å². The van der Waals surface area contributed by atoms with E-state index in [9.17, 15) is 13.6 Å². The number of benzene rings is 2. The van der Waals surface area contributed by atoms with E-state index >= 15 is 0 Å². The first-order chi connectivity index (χ1) is 14.4. The molecule has 2 aromatic carbocycles. The molecule has 1 amide bonds. The first-order valence-electron chi connectivity index (χ1n) is 8.65. The van der Waals surface area contributed by atoms with Crippen LogP contribution in [0.15, 0.2) is 57.9 Å². The van der Waals surface area contributed by atoms with Crippen molar-refractivity contribution in [2.75, 3.05) is 14.2 Å². The van der Waals surface area contributed by atoms with Crippen molar-refractivity contribution in [1.29, 1.82) is 0 Å². The SMILES string of the molecule is CON=C(C=NOC(C)c1ccccc1C(=NOC)C(N)=O)c1ccc(F)cc1F. The summed E-state index contributed by atoms with van der Waals surface area (Å²) in [5, 5.41) is 11.2. The predicted octanol–water partition coefficient (Wildman–Crippen LogP) is 2.91. The summed E-state index contributed by atoms with van der Waals surface area (Å²) in [6, 6.07) is 9.77. The molecule has 0 saturated heterocycles. The quantitative estimate of drug-likeness (QED) is 0.499. The van der Waals surface area contributed by atoms with Gasteiger partial charge in [0.05, 0.1) is 6.21 Å². The molecule has 0 heterocycles. The van der Waals surface area contributed by atoms with Gasteiger partial charge in [-0.2, -0.15) is 0 Å². The van der Waals surface area contributed by atoms with Crippen LogP contribution in [0.4, 0.5) is 8.78 Å². The number of halogens is 2. The molecular formula is C20H20F2N4O4. The zero-order valence-corrected chi connectivity index (χ0v) is 16.5. The fourth-order valence-corrected chi connectivity index (χ4v) is 2.55. The summed E-state index contributed by atoms with van der Waals surface area (Å²) in [4.78, 5) is 26.5. The number of amides is 1. The lowest BCUT2D eigenvalue weighted by atomic mass is 9.99. The molecule has 0 fully saturated rings. The van der Waals surface area contributed by atoms with Crippen molar-refractivity contribution in [1.82, 2.24) is 0 Å². The molecule has 0 saturated carbocycles. The number of nitrogens with zero attached hydrogens (tertiary/aromatic N) is 3. The predicted molar refractivity (Wildman–Crippen MR) is 107 cm³/mol. The van der Waals surface area contributed by atoms with Gasteiger partial charge >= 0.3 is 0 Å². The van der Waals surface area contributed by atoms with Crippen molar-refractivity contribution in [2.24, 2.45) is 21.2 Å². The maximum absolute atomic E-state index is 14.0. The van der Waals surface area contributed by atoms with Gasteiger partial charge in [-0.1, -0.05) is 39.7 Å². The van der Waals surface area contributed by atoms with Gasteiger partial charge < -0.3 is 20.2 Å². The van der Waals surface area contributed by atoms with E-state index in [1.165, 1.54) is 20.3 Å². The van der Waals surface area contributed by atoms with E-state index < -0.39 is 23.6 Å². The van der Waals surface area contributed by atoms with Gasteiger partial charge in [-0.25, -0.2) is 8.78 Å². The minimum Gasteiger partial charge on any atom is -0.399 e. The maximum Gasteiger partial charge on any atom is 0.271 e. The number of hydrogen-bond acceptors (Lipinski definition) is 7. The lowest BCUT2D eigenvalue weighted by Gasteiger charge is -2.14. The van der Waals surface area contributed by atoms with E-state index in [4.69, 9.17) is 10.6 Å². The highest BCUT2D eigenvalue weighted by atomic mass is 19.1. The first kappa shape index (κ1) is 22.5. The Kier molecular flexibility index (Phi) is 7.98. The van der Waals surface area contributed by atoms with Crippen molar-refractivity contribution in [2.45, 2.75) is 13.0 Å². The van der Waals surface area contributed by atoms with E-state index in [1.54, 1.807) is 31.2 Å². The number of hydrogen-bond donors (Lipinski definition) is 1. The van der Waals surface area contributed by atoms with Crippen LogP contribution in [-0.4, -0.2) is 37.8 Å². The van der Waals surface area contributed by atoms with Crippen LogP contribution in [0.3, 0.4) is 0 Å². The van der Waals surface area contributed by atoms with Crippen LogP contribution in [0.2, 0.25) is 0 Å². The van der Waals surface area contributed by atoms with Crippen molar-refractivity contribution >= 4 is 23.5 Å². The highest BCUT2D eigenvalue weighted by Gasteiger charge is 2.20. The van der Waals surface area contributed by atoms with Crippen LogP contribution in [0, 0.1) is 11.6 Å². The van der Waals surface area contributed by atoms with Crippen LogP contribution in [0.5, 0.6) is 0 Å². The van der Waals surface area contributed by atoms with E-state index in [0.717, 1.165) is 12.3 Å². The zero-order valence-electron chi connectivity index (χ0n) is 16.5. The average molecular weight is 418 g/mol. The van der Waals surface area contributed by atoms with Gasteiger partial charge in [0.15, 0.2) is 5.71 Å². The molecule has 158 valence electrons. The molecule has 0 aliphatic rings. The van der Waals surface area contributed by atoms with Gasteiger partial charge in [-0.3, -0.25) is 4.79 Å². The van der Waals surface area contributed by atoms with Crippen molar-refractivity contribution in [3.05, 3.63) is 70.8 Å². The standard InChI is InChI=1S/C20H20F2N4O4/c1-12(14-6-4-5-7-15(14)19(20(23)27)26-29-3)30-24-11-18(25-28-2)16-9-8-13(21)10-17(16)22/h4-12H,1-3H3,(H2,23,27). The Bertz CT molecular complexity index is 993. The number of carbonyl (C=O) groups is 1. The van der Waals surface area contributed by atoms with E-state index in [-0.39, 0.29) is 17.0 Å². The molecule has 0 spiro atoms. The minimum atomic E-state index is -0.836. The fourth-order valence-electron chi connectivity index (χ4n) is 2.55. The molecule has 8 nitrogen and oxygen atoms in total. The maximum atomic E-state index is 14.0. The number of carbonyl (C=O) groups excluding carboxylic acids is 1. The van der Waals surface area contributed by atoms with Crippen LogP contribution in [-0.2, 0) is 19.3 Å². The minimum absolute atomic E-state index is 0.0192. The smallest absolute Gasteiger partial charge is 0.271 e. The topological polar surface area (TPSA) is 108 Å². The Morgan fingerprint density at radius 1 is 1.07 bits per heavy atom. The van der Waals surface area contributed by atoms with E-state index in [0.29, 0.717) is 17.2 Å². The third-order valence-electron chi connectivity index (χ3n) is 3.86. The molecule has 0 radical (unpaired) electrons. The Labute approximate surface area is 171 Å². The molecule has 1 atom stereocenters. The molecule has 0 aliphatic heterocycles. The van der Waals surface area contributed by atoms with Gasteiger partial charge in [0.25, 0.3) is 5.91 Å². The van der Waals surface area contributed by atoms with Crippen molar-refractivity contribution in [3.8, 4) is 0 Å². The Morgan fingerprint density at radius 2 is 1.77 bits per heavy atom. The third kappa shape index (κ3) is 5.60. The second kappa shape index (κ2) is 10.6. The monoisotopic (exact) mass is 418 g/mol. The van der Waals surface area contributed by atoms with Gasteiger partial charge in [0.1, 0.15) is 37.7 Å². The van der Waals surface area contributed by atoms with Gasteiger partial charge in [-0.15, -0.1) is 0 Å². The summed E-state index contributed by atoms with van der Waals surface area (Å²) in [5.41, 5.74) is 6.21. The second-order valence-corrected chi connectivity index (χ2v) is 5.84. The molecular weight excluding hydrogens is 398 g/mol. The van der Waals surface area contributed by atoms with Gasteiger partial charge in [0, 0.05) is 22.8 Å². The molecule has 30 heavy (non-hydrogen) atoms. The normalized spacial score (nSPS) is 13.2. The molecule has 0 bridgehead atoms. The molecule has 0 aromatic heterocycles. The second-order valence-electron chi connectivity index (χ2n) is 5.84. The van der Waals surface area contributed by atoms with Crippen LogP contribution < -0.4 is 5.73 Å². The zero-order chi connectivity index (χ0) is 22.1. The highest BCUT2D eigenvalue weighted by Crippen LogP contribution is 2.22. The highest BCUT2D eigenvalue weighted by molar-refractivity contribution is 6.45. The lowest BCUT2D eigenvalue weighted by Crippen LogP contribution is -2.26. The number of rotatable bonds is 9. The van der Waals surface area contributed by atoms with Gasteiger partial charge in [0.2, 0.25) is 0 Å². The Morgan fingerprint density at radius 3 is 2.40 bits per heavy atom. The summed E-state index contributed by atoms with van der Waals surface area (Å²) < 4.78 is 27.2. The molecule has 2 aromatic rings. The summed E-state index contributed by atoms with van der Waals surface area (Å²) in [5.74, 6) is -2.34. The summed E-state index contributed by atoms with van der Waals surface area (Å²) in [6.45, 7) is 1.67. The molecule has 10 heteroatoms. The molecule has 2 rings (SSSR count). The lowest BCUT2D eigenvalue weighted by molar-refractivity contribution is -0.112. The summed E-state index contributed by atoms with van der Waals surface area (Å²) in [7, 11) is 2.57. The first-order valence-corrected chi connectivity index (χ1v) is 8.65. The number of primary amides is 1. The third-order valence-corrected chi connectivity index (χ3v) is 3.86. The number of nitrogens with two attached hydrogens (primary N) is 1. The van der Waals surface area contributed by atoms with E-state index in [1.807, 2.05) is 0 Å². The Balaban J connectivity index is 2.27. The van der Waals surface area contributed by atoms with Gasteiger partial charge in [-0.05, 0) is 19.1 Å². The van der Waals surface area contributed by atoms with Crippen LogP contribution in [0.25, 0.3) is 0 Å². The van der Waals surface area contributed by atoms with Crippen molar-refractivity contribution in [3.63, 3.8) is 0 Å². The molecule has 1 unspecified atom stereocenters. The Hall–Kier alpha value is -3.82. The summed E-state index contributed by atoms with van der Waals surface area (Å²) in [6.07, 6.45) is 0.470. The molecule has 2 N–H and O–H groups in total. The fraction of sp³-hybridized carbons (Fsp3) is 0.200. The number of oxime groups is 3. The average Bonchev–Trinajstić information content (AvgIpc) is 2.71. The van der Waals surface area contributed by atoms with Crippen LogP contribution in [0.1, 0.15) is 29.7 Å². The molecule has 0 aliphatic carbocycles.